The molecular formula is C16H18O5. The van der Waals surface area contributed by atoms with E-state index in [4.69, 9.17) is 9.47 Å². The summed E-state index contributed by atoms with van der Waals surface area (Å²) in [4.78, 5) is 35.6. The first-order valence-electron chi connectivity index (χ1n) is 7.13. The van der Waals surface area contributed by atoms with Gasteiger partial charge < -0.3 is 9.47 Å². The summed E-state index contributed by atoms with van der Waals surface area (Å²) in [7, 11) is 0. The molecule has 0 radical (unpaired) electrons. The Morgan fingerprint density at radius 2 is 1.86 bits per heavy atom. The summed E-state index contributed by atoms with van der Waals surface area (Å²) < 4.78 is 10.4. The van der Waals surface area contributed by atoms with Crippen molar-refractivity contribution < 1.29 is 23.9 Å². The normalized spacial score (nSPS) is 16.8. The molecule has 0 bridgehead atoms. The average Bonchev–Trinajstić information content (AvgIpc) is 2.72. The van der Waals surface area contributed by atoms with Crippen LogP contribution in [0.15, 0.2) is 18.2 Å². The van der Waals surface area contributed by atoms with Crippen LogP contribution in [0.2, 0.25) is 0 Å². The first-order chi connectivity index (χ1) is 10.1. The second-order valence-electron chi connectivity index (χ2n) is 4.86. The monoisotopic (exact) mass is 290 g/mol. The molecule has 21 heavy (non-hydrogen) atoms. The van der Waals surface area contributed by atoms with E-state index < -0.39 is 23.6 Å². The van der Waals surface area contributed by atoms with Crippen molar-refractivity contribution in [2.24, 2.45) is 0 Å². The van der Waals surface area contributed by atoms with Gasteiger partial charge >= 0.3 is 5.97 Å². The minimum absolute atomic E-state index is 0.124. The molecule has 1 aromatic carbocycles. The van der Waals surface area contributed by atoms with Crippen molar-refractivity contribution in [3.63, 3.8) is 0 Å². The van der Waals surface area contributed by atoms with E-state index in [-0.39, 0.29) is 17.5 Å². The van der Waals surface area contributed by atoms with E-state index in [0.717, 1.165) is 12.8 Å². The van der Waals surface area contributed by atoms with Crippen LogP contribution in [-0.2, 0) is 9.53 Å². The molecule has 1 atom stereocenters. The molecule has 0 saturated carbocycles. The van der Waals surface area contributed by atoms with Gasteiger partial charge in [-0.1, -0.05) is 20.3 Å². The molecule has 0 aliphatic heterocycles. The second kappa shape index (κ2) is 6.52. The summed E-state index contributed by atoms with van der Waals surface area (Å²) in [5, 5.41) is 0. The topological polar surface area (TPSA) is 69.7 Å². The predicted octanol–water partition coefficient (Wildman–Crippen LogP) is 2.57. The van der Waals surface area contributed by atoms with E-state index in [2.05, 4.69) is 6.92 Å². The number of ketones is 2. The Morgan fingerprint density at radius 3 is 2.52 bits per heavy atom. The molecule has 0 fully saturated rings. The molecule has 1 aromatic rings. The molecule has 5 heteroatoms. The van der Waals surface area contributed by atoms with Crippen molar-refractivity contribution in [2.75, 3.05) is 6.61 Å². The molecule has 5 nitrogen and oxygen atoms in total. The van der Waals surface area contributed by atoms with E-state index in [1.807, 2.05) is 0 Å². The van der Waals surface area contributed by atoms with E-state index in [0.29, 0.717) is 12.4 Å². The molecule has 2 rings (SSSR count). The highest BCUT2D eigenvalue weighted by atomic mass is 16.6. The molecule has 0 heterocycles. The van der Waals surface area contributed by atoms with Crippen LogP contribution < -0.4 is 4.74 Å². The van der Waals surface area contributed by atoms with Gasteiger partial charge in [0.15, 0.2) is 0 Å². The number of benzene rings is 1. The molecule has 0 N–H and O–H groups in total. The van der Waals surface area contributed by atoms with Gasteiger partial charge in [-0.05, 0) is 24.6 Å². The smallest absolute Gasteiger partial charge is 0.306 e. The SMILES string of the molecule is CCCCOc1ccc2c(c1)C(=O)C(OC(=O)CC)C2=O. The van der Waals surface area contributed by atoms with Crippen molar-refractivity contribution in [1.82, 2.24) is 0 Å². The highest BCUT2D eigenvalue weighted by molar-refractivity contribution is 6.29. The zero-order valence-electron chi connectivity index (χ0n) is 12.2. The van der Waals surface area contributed by atoms with Crippen molar-refractivity contribution in [2.45, 2.75) is 39.2 Å². The van der Waals surface area contributed by atoms with Gasteiger partial charge in [0.25, 0.3) is 0 Å². The summed E-state index contributed by atoms with van der Waals surface area (Å²) >= 11 is 0. The van der Waals surface area contributed by atoms with Crippen LogP contribution in [0.4, 0.5) is 0 Å². The molecule has 1 aliphatic rings. The number of carbonyl (C=O) groups is 3. The molecule has 0 saturated heterocycles. The number of hydrogen-bond donors (Lipinski definition) is 0. The van der Waals surface area contributed by atoms with Crippen LogP contribution in [0, 0.1) is 0 Å². The summed E-state index contributed by atoms with van der Waals surface area (Å²) in [6.45, 7) is 4.23. The Hall–Kier alpha value is -2.17. The highest BCUT2D eigenvalue weighted by Crippen LogP contribution is 2.28. The molecule has 0 aromatic heterocycles. The standard InChI is InChI=1S/C16H18O5/c1-3-5-8-20-10-6-7-11-12(9-10)15(19)16(14(11)18)21-13(17)4-2/h6-7,9,16H,3-5,8H2,1-2H3. The Kier molecular flexibility index (Phi) is 4.73. The maximum absolute atomic E-state index is 12.2. The zero-order chi connectivity index (χ0) is 15.4. The minimum Gasteiger partial charge on any atom is -0.494 e. The van der Waals surface area contributed by atoms with Crippen LogP contribution in [0.3, 0.4) is 0 Å². The quantitative estimate of drug-likeness (QED) is 0.457. The van der Waals surface area contributed by atoms with Gasteiger partial charge in [-0.3, -0.25) is 14.4 Å². The number of esters is 1. The maximum Gasteiger partial charge on any atom is 0.306 e. The van der Waals surface area contributed by atoms with Crippen molar-refractivity contribution >= 4 is 17.5 Å². The molecule has 0 spiro atoms. The van der Waals surface area contributed by atoms with Gasteiger partial charge in [0.05, 0.1) is 6.61 Å². The molecule has 1 aliphatic carbocycles. The first-order valence-corrected chi connectivity index (χ1v) is 7.13. The predicted molar refractivity (Wildman–Crippen MR) is 75.7 cm³/mol. The number of fused-ring (bicyclic) bond motifs is 1. The number of hydrogen-bond acceptors (Lipinski definition) is 5. The van der Waals surface area contributed by atoms with Gasteiger partial charge in [0.2, 0.25) is 17.7 Å². The van der Waals surface area contributed by atoms with Gasteiger partial charge in [-0.2, -0.15) is 0 Å². The van der Waals surface area contributed by atoms with Crippen molar-refractivity contribution in [3.05, 3.63) is 29.3 Å². The fraction of sp³-hybridized carbons (Fsp3) is 0.438. The summed E-state index contributed by atoms with van der Waals surface area (Å²) in [5.41, 5.74) is 0.555. The minimum atomic E-state index is -1.33. The molecule has 1 unspecified atom stereocenters. The van der Waals surface area contributed by atoms with Gasteiger partial charge in [-0.15, -0.1) is 0 Å². The summed E-state index contributed by atoms with van der Waals surface area (Å²) in [5.74, 6) is -0.950. The third-order valence-electron chi connectivity index (χ3n) is 3.30. The first kappa shape index (κ1) is 15.2. The van der Waals surface area contributed by atoms with Crippen molar-refractivity contribution in [1.29, 1.82) is 0 Å². The average molecular weight is 290 g/mol. The summed E-state index contributed by atoms with van der Waals surface area (Å²) in [6.07, 6.45) is 0.718. The number of unbranched alkanes of at least 4 members (excludes halogenated alkanes) is 1. The lowest BCUT2D eigenvalue weighted by Crippen LogP contribution is -2.28. The summed E-state index contributed by atoms with van der Waals surface area (Å²) in [6, 6.07) is 4.76. The highest BCUT2D eigenvalue weighted by Gasteiger charge is 2.41. The Balaban J connectivity index is 2.17. The zero-order valence-corrected chi connectivity index (χ0v) is 12.2. The lowest BCUT2D eigenvalue weighted by molar-refractivity contribution is -0.144. The molecule has 0 amide bonds. The largest absolute Gasteiger partial charge is 0.494 e. The lowest BCUT2D eigenvalue weighted by atomic mass is 10.1. The van der Waals surface area contributed by atoms with Crippen LogP contribution in [-0.4, -0.2) is 30.2 Å². The van der Waals surface area contributed by atoms with E-state index in [1.54, 1.807) is 25.1 Å². The van der Waals surface area contributed by atoms with Gasteiger partial charge in [-0.25, -0.2) is 0 Å². The number of Topliss-reactive ketones (excluding diaryl/α,β-unsaturated/α-hetero) is 2. The van der Waals surface area contributed by atoms with E-state index in [9.17, 15) is 14.4 Å². The fourth-order valence-corrected chi connectivity index (χ4v) is 2.09. The third kappa shape index (κ3) is 3.12. The third-order valence-corrected chi connectivity index (χ3v) is 3.30. The van der Waals surface area contributed by atoms with Gasteiger partial charge in [0.1, 0.15) is 5.75 Å². The second-order valence-corrected chi connectivity index (χ2v) is 4.86. The van der Waals surface area contributed by atoms with Crippen LogP contribution in [0.5, 0.6) is 5.75 Å². The van der Waals surface area contributed by atoms with Crippen LogP contribution >= 0.6 is 0 Å². The number of carbonyl (C=O) groups excluding carboxylic acids is 3. The lowest BCUT2D eigenvalue weighted by Gasteiger charge is -2.07. The Morgan fingerprint density at radius 1 is 1.14 bits per heavy atom. The maximum atomic E-state index is 12.2. The molecule has 112 valence electrons. The van der Waals surface area contributed by atoms with Gasteiger partial charge in [0, 0.05) is 17.5 Å². The van der Waals surface area contributed by atoms with Crippen LogP contribution in [0.1, 0.15) is 53.8 Å². The Labute approximate surface area is 123 Å². The Bertz CT molecular complexity index is 576. The van der Waals surface area contributed by atoms with E-state index in [1.165, 1.54) is 0 Å². The van der Waals surface area contributed by atoms with Crippen LogP contribution in [0.25, 0.3) is 0 Å². The number of ether oxygens (including phenoxy) is 2. The fourth-order valence-electron chi connectivity index (χ4n) is 2.09. The number of rotatable bonds is 6. The van der Waals surface area contributed by atoms with Crippen molar-refractivity contribution in [3.8, 4) is 5.75 Å². The van der Waals surface area contributed by atoms with E-state index >= 15 is 0 Å². The molecular weight excluding hydrogens is 272 g/mol.